The van der Waals surface area contributed by atoms with Crippen LogP contribution in [0, 0.1) is 20.8 Å². The van der Waals surface area contributed by atoms with E-state index in [2.05, 4.69) is 48.8 Å². The molecule has 2 aromatic rings. The predicted molar refractivity (Wildman–Crippen MR) is 75.1 cm³/mol. The molecule has 2 rings (SSSR count). The summed E-state index contributed by atoms with van der Waals surface area (Å²) < 4.78 is 2.61. The summed E-state index contributed by atoms with van der Waals surface area (Å²) >= 11 is 5.45. The van der Waals surface area contributed by atoms with Gasteiger partial charge in [0.05, 0.1) is 0 Å². The molecule has 0 aliphatic rings. The van der Waals surface area contributed by atoms with E-state index in [-0.39, 0.29) is 0 Å². The average Bonchev–Trinajstić information content (AvgIpc) is 2.53. The Morgan fingerprint density at radius 3 is 2.20 bits per heavy atom. The molecule has 0 unspecified atom stereocenters. The van der Waals surface area contributed by atoms with E-state index in [0.29, 0.717) is 0 Å². The van der Waals surface area contributed by atoms with E-state index < -0.39 is 0 Å². The molecule has 0 aliphatic heterocycles. The van der Waals surface area contributed by atoms with Crippen molar-refractivity contribution in [1.82, 2.24) is 0 Å². The molecular weight excluding hydrogens is 268 g/mol. The van der Waals surface area contributed by atoms with Crippen molar-refractivity contribution in [2.24, 2.45) is 0 Å². The van der Waals surface area contributed by atoms with Gasteiger partial charge in [-0.05, 0) is 49.4 Å². The highest BCUT2D eigenvalue weighted by Crippen LogP contribution is 2.35. The number of thiophene rings is 1. The van der Waals surface area contributed by atoms with Crippen molar-refractivity contribution in [2.75, 3.05) is 0 Å². The zero-order valence-corrected chi connectivity index (χ0v) is 12.3. The van der Waals surface area contributed by atoms with Crippen molar-refractivity contribution in [3.8, 4) is 0 Å². The van der Waals surface area contributed by atoms with Gasteiger partial charge in [0, 0.05) is 14.0 Å². The first kappa shape index (κ1) is 12.7. The van der Waals surface area contributed by atoms with E-state index in [4.69, 9.17) is 0 Å². The smallest absolute Gasteiger partial charge is 0.0351 e. The van der Waals surface area contributed by atoms with Crippen molar-refractivity contribution >= 4 is 37.4 Å². The lowest BCUT2D eigenvalue weighted by Crippen LogP contribution is -1.78. The van der Waals surface area contributed by atoms with Crippen LogP contribution < -0.4 is 0 Å². The summed E-state index contributed by atoms with van der Waals surface area (Å²) in [5, 5.41) is 1.43. The minimum Gasteiger partial charge on any atom is -0.140 e. The summed E-state index contributed by atoms with van der Waals surface area (Å²) in [5.74, 6) is 0. The normalized spacial score (nSPS) is 10.0. The molecule has 0 bridgehead atoms. The average molecular weight is 285 g/mol. The quantitative estimate of drug-likeness (QED) is 0.589. The Morgan fingerprint density at radius 2 is 1.60 bits per heavy atom. The molecule has 0 amide bonds. The number of hydrogen-bond acceptors (Lipinski definition) is 1. The van der Waals surface area contributed by atoms with Crippen molar-refractivity contribution in [3.05, 3.63) is 32.6 Å². The number of benzene rings is 1. The van der Waals surface area contributed by atoms with Gasteiger partial charge in [-0.2, -0.15) is 0 Å². The summed E-state index contributed by atoms with van der Waals surface area (Å²) in [5.41, 5.74) is 2.79. The van der Waals surface area contributed by atoms with Crippen LogP contribution in [0.4, 0.5) is 0 Å². The predicted octanol–water partition coefficient (Wildman–Crippen LogP) is 5.62. The fourth-order valence-corrected chi connectivity index (χ4v) is 3.09. The molecule has 1 aromatic heterocycles. The number of fused-ring (bicyclic) bond motifs is 1. The minimum absolute atomic E-state index is 1.21. The molecule has 0 N–H and O–H groups in total. The molecule has 0 radical (unpaired) electrons. The lowest BCUT2D eigenvalue weighted by Gasteiger charge is -2.00. The molecule has 0 nitrogen and oxygen atoms in total. The first-order chi connectivity index (χ1) is 7.11. The third kappa shape index (κ3) is 2.26. The maximum absolute atomic E-state index is 3.56. The van der Waals surface area contributed by atoms with E-state index in [1.54, 1.807) is 0 Å². The molecule has 1 heterocycles. The molecule has 0 saturated heterocycles. The zero-order chi connectivity index (χ0) is 11.6. The number of halogens is 1. The molecule has 0 spiro atoms. The van der Waals surface area contributed by atoms with Crippen LogP contribution >= 0.6 is 27.3 Å². The van der Waals surface area contributed by atoms with E-state index >= 15 is 0 Å². The highest BCUT2D eigenvalue weighted by molar-refractivity contribution is 9.10. The largest absolute Gasteiger partial charge is 0.140 e. The van der Waals surface area contributed by atoms with Crippen LogP contribution in [-0.4, -0.2) is 0 Å². The number of hydrogen-bond donors (Lipinski definition) is 0. The Morgan fingerprint density at radius 1 is 1.00 bits per heavy atom. The molecule has 82 valence electrons. The van der Waals surface area contributed by atoms with Crippen LogP contribution in [-0.2, 0) is 0 Å². The molecule has 1 aromatic carbocycles. The molecule has 0 atom stereocenters. The van der Waals surface area contributed by atoms with Gasteiger partial charge in [0.15, 0.2) is 0 Å². The van der Waals surface area contributed by atoms with E-state index in [9.17, 15) is 0 Å². The van der Waals surface area contributed by atoms with Crippen LogP contribution in [0.1, 0.15) is 29.9 Å². The summed E-state index contributed by atoms with van der Waals surface area (Å²) in [6.45, 7) is 10.6. The van der Waals surface area contributed by atoms with Crippen molar-refractivity contribution < 1.29 is 0 Å². The third-order valence-electron chi connectivity index (χ3n) is 2.53. The van der Waals surface area contributed by atoms with Crippen LogP contribution in [0.25, 0.3) is 10.1 Å². The summed E-state index contributed by atoms with van der Waals surface area (Å²) in [7, 11) is 0. The molecule has 2 heteroatoms. The van der Waals surface area contributed by atoms with Gasteiger partial charge in [-0.1, -0.05) is 29.8 Å². The molecule has 0 fully saturated rings. The van der Waals surface area contributed by atoms with Gasteiger partial charge >= 0.3 is 0 Å². The SMILES string of the molecule is CC.Cc1sc2ccc(Br)c(C)c2c1C. The van der Waals surface area contributed by atoms with Crippen LogP contribution in [0.3, 0.4) is 0 Å². The topological polar surface area (TPSA) is 0 Å². The molecule has 0 saturated carbocycles. The Hall–Kier alpha value is -0.340. The fraction of sp³-hybridized carbons (Fsp3) is 0.385. The van der Waals surface area contributed by atoms with Crippen LogP contribution in [0.2, 0.25) is 0 Å². The van der Waals surface area contributed by atoms with Gasteiger partial charge in [-0.3, -0.25) is 0 Å². The van der Waals surface area contributed by atoms with Crippen LogP contribution in [0.5, 0.6) is 0 Å². The summed E-state index contributed by atoms with van der Waals surface area (Å²) in [6.07, 6.45) is 0. The van der Waals surface area contributed by atoms with Gasteiger partial charge in [0.2, 0.25) is 0 Å². The Balaban J connectivity index is 0.000000531. The summed E-state index contributed by atoms with van der Waals surface area (Å²) in [4.78, 5) is 1.43. The first-order valence-electron chi connectivity index (χ1n) is 5.26. The second-order valence-corrected chi connectivity index (χ2v) is 5.44. The molecule has 15 heavy (non-hydrogen) atoms. The maximum Gasteiger partial charge on any atom is 0.0351 e. The summed E-state index contributed by atoms with van der Waals surface area (Å²) in [6, 6.07) is 4.32. The van der Waals surface area contributed by atoms with Gasteiger partial charge in [0.25, 0.3) is 0 Å². The van der Waals surface area contributed by atoms with Gasteiger partial charge in [-0.25, -0.2) is 0 Å². The standard InChI is InChI=1S/C11H11BrS.C2H6/c1-6-8(3)13-10-5-4-9(12)7(2)11(6)10;1-2/h4-5H,1-3H3;1-2H3. The number of rotatable bonds is 0. The minimum atomic E-state index is 1.21. The van der Waals surface area contributed by atoms with Gasteiger partial charge < -0.3 is 0 Å². The second-order valence-electron chi connectivity index (χ2n) is 3.33. The zero-order valence-electron chi connectivity index (χ0n) is 9.94. The Labute approximate surface area is 104 Å². The fourth-order valence-electron chi connectivity index (χ4n) is 1.63. The van der Waals surface area contributed by atoms with Crippen molar-refractivity contribution in [3.63, 3.8) is 0 Å². The second kappa shape index (κ2) is 5.13. The van der Waals surface area contributed by atoms with E-state index in [1.807, 2.05) is 25.2 Å². The van der Waals surface area contributed by atoms with Gasteiger partial charge in [0.1, 0.15) is 0 Å². The van der Waals surface area contributed by atoms with Crippen LogP contribution in [0.15, 0.2) is 16.6 Å². The third-order valence-corrected chi connectivity index (χ3v) is 4.56. The molecular formula is C13H17BrS. The first-order valence-corrected chi connectivity index (χ1v) is 6.87. The monoisotopic (exact) mass is 284 g/mol. The highest BCUT2D eigenvalue weighted by Gasteiger charge is 2.08. The van der Waals surface area contributed by atoms with Crippen molar-refractivity contribution in [2.45, 2.75) is 34.6 Å². The van der Waals surface area contributed by atoms with E-state index in [1.165, 1.54) is 30.6 Å². The Kier molecular flexibility index (Phi) is 4.35. The van der Waals surface area contributed by atoms with Crippen molar-refractivity contribution in [1.29, 1.82) is 0 Å². The highest BCUT2D eigenvalue weighted by atomic mass is 79.9. The maximum atomic E-state index is 3.56. The van der Waals surface area contributed by atoms with Gasteiger partial charge in [-0.15, -0.1) is 11.3 Å². The Bertz CT molecular complexity index is 469. The lowest BCUT2D eigenvalue weighted by atomic mass is 10.1. The lowest BCUT2D eigenvalue weighted by molar-refractivity contribution is 1.42. The van der Waals surface area contributed by atoms with E-state index in [0.717, 1.165) is 0 Å². The number of aryl methyl sites for hydroxylation is 3. The molecule has 0 aliphatic carbocycles.